The molecule has 2 aromatic carbocycles. The van der Waals surface area contributed by atoms with Gasteiger partial charge in [0.05, 0.1) is 18.7 Å². The fourth-order valence-corrected chi connectivity index (χ4v) is 4.31. The average Bonchev–Trinajstić information content (AvgIpc) is 2.93. The lowest BCUT2D eigenvalue weighted by Crippen LogP contribution is -2.47. The van der Waals surface area contributed by atoms with E-state index in [2.05, 4.69) is 36.6 Å². The zero-order chi connectivity index (χ0) is 27.8. The maximum Gasteiger partial charge on any atom is 0.407 e. The van der Waals surface area contributed by atoms with Gasteiger partial charge >= 0.3 is 12.1 Å². The van der Waals surface area contributed by atoms with Crippen molar-refractivity contribution in [1.29, 1.82) is 5.26 Å². The lowest BCUT2D eigenvalue weighted by Gasteiger charge is -2.33. The van der Waals surface area contributed by atoms with E-state index in [1.165, 1.54) is 12.0 Å². The lowest BCUT2D eigenvalue weighted by molar-refractivity contribution is -0.141. The molecule has 0 saturated carbocycles. The normalized spacial score (nSPS) is 14.2. The van der Waals surface area contributed by atoms with Crippen molar-refractivity contribution in [2.75, 3.05) is 43.9 Å². The fraction of sp³-hybridized carbons (Fsp3) is 0.308. The second-order valence-electron chi connectivity index (χ2n) is 8.86. The molecular weight excluding hydrogens is 524 g/mol. The molecule has 1 saturated heterocycles. The van der Waals surface area contributed by atoms with E-state index < -0.39 is 18.1 Å². The van der Waals surface area contributed by atoms with E-state index in [-0.39, 0.29) is 23.6 Å². The summed E-state index contributed by atoms with van der Waals surface area (Å²) in [7, 11) is 1.29. The fourth-order valence-electron chi connectivity index (χ4n) is 4.14. The Morgan fingerprint density at radius 3 is 2.46 bits per heavy atom. The highest BCUT2D eigenvalue weighted by Crippen LogP contribution is 2.20. The first-order chi connectivity index (χ1) is 18.8. The highest BCUT2D eigenvalue weighted by atomic mass is 35.5. The van der Waals surface area contributed by atoms with Crippen LogP contribution in [0.4, 0.5) is 22.4 Å². The van der Waals surface area contributed by atoms with Gasteiger partial charge in [0.1, 0.15) is 6.04 Å². The van der Waals surface area contributed by atoms with Crippen LogP contribution in [-0.2, 0) is 22.5 Å². The van der Waals surface area contributed by atoms with Gasteiger partial charge in [0.25, 0.3) is 0 Å². The number of carbonyl (C=O) groups is 2. The van der Waals surface area contributed by atoms with Gasteiger partial charge in [-0.3, -0.25) is 4.90 Å². The summed E-state index contributed by atoms with van der Waals surface area (Å²) in [5, 5.41) is 24.2. The van der Waals surface area contributed by atoms with Crippen LogP contribution in [0.2, 0.25) is 5.28 Å². The SMILES string of the molecule is COC(=O)C(Cc1ccc(C#N)cc1)Nc1nc(Cl)nc(Nc2cccc(CN3CCN(C(=O)O)CC3)c2)n1. The number of carbonyl (C=O) groups excluding carboxylic acids is 1. The van der Waals surface area contributed by atoms with Crippen molar-refractivity contribution < 1.29 is 19.4 Å². The van der Waals surface area contributed by atoms with Gasteiger partial charge in [0.2, 0.25) is 17.2 Å². The smallest absolute Gasteiger partial charge is 0.407 e. The van der Waals surface area contributed by atoms with Gasteiger partial charge in [-0.1, -0.05) is 24.3 Å². The van der Waals surface area contributed by atoms with Gasteiger partial charge in [0, 0.05) is 44.8 Å². The van der Waals surface area contributed by atoms with Gasteiger partial charge in [-0.25, -0.2) is 9.59 Å². The number of hydrogen-bond donors (Lipinski definition) is 3. The first-order valence-electron chi connectivity index (χ1n) is 12.1. The van der Waals surface area contributed by atoms with Crippen LogP contribution in [0.5, 0.6) is 0 Å². The molecule has 0 aliphatic carbocycles. The van der Waals surface area contributed by atoms with Crippen LogP contribution in [-0.4, -0.2) is 81.3 Å². The second kappa shape index (κ2) is 12.9. The summed E-state index contributed by atoms with van der Waals surface area (Å²) in [6, 6.07) is 15.9. The lowest BCUT2D eigenvalue weighted by atomic mass is 10.0. The number of halogens is 1. The molecule has 39 heavy (non-hydrogen) atoms. The van der Waals surface area contributed by atoms with Crippen LogP contribution in [0.3, 0.4) is 0 Å². The number of esters is 1. The average molecular weight is 551 g/mol. The third-order valence-corrected chi connectivity index (χ3v) is 6.32. The predicted molar refractivity (Wildman–Crippen MR) is 144 cm³/mol. The van der Waals surface area contributed by atoms with Crippen LogP contribution in [0.1, 0.15) is 16.7 Å². The molecule has 3 aromatic rings. The molecule has 1 aliphatic heterocycles. The molecule has 13 heteroatoms. The third-order valence-electron chi connectivity index (χ3n) is 6.15. The number of aromatic nitrogens is 3. The number of amides is 1. The van der Waals surface area contributed by atoms with Crippen LogP contribution < -0.4 is 10.6 Å². The number of carboxylic acid groups (broad SMARTS) is 1. The Labute approximate surface area is 230 Å². The van der Waals surface area contributed by atoms with Crippen molar-refractivity contribution in [2.45, 2.75) is 19.0 Å². The number of nitrogens with zero attached hydrogens (tertiary/aromatic N) is 6. The highest BCUT2D eigenvalue weighted by Gasteiger charge is 2.22. The van der Waals surface area contributed by atoms with Crippen LogP contribution in [0.15, 0.2) is 48.5 Å². The molecule has 1 aromatic heterocycles. The molecule has 0 spiro atoms. The maximum absolute atomic E-state index is 12.5. The Kier molecular flexibility index (Phi) is 9.09. The topological polar surface area (TPSA) is 157 Å². The molecule has 2 heterocycles. The predicted octanol–water partition coefficient (Wildman–Crippen LogP) is 3.13. The van der Waals surface area contributed by atoms with E-state index in [4.69, 9.17) is 26.7 Å². The molecule has 1 fully saturated rings. The first-order valence-corrected chi connectivity index (χ1v) is 12.5. The Morgan fingerprint density at radius 2 is 1.79 bits per heavy atom. The summed E-state index contributed by atoms with van der Waals surface area (Å²) in [5.41, 5.74) is 3.10. The van der Waals surface area contributed by atoms with Crippen molar-refractivity contribution in [2.24, 2.45) is 0 Å². The largest absolute Gasteiger partial charge is 0.467 e. The number of nitriles is 1. The number of benzene rings is 2. The molecule has 12 nitrogen and oxygen atoms in total. The van der Waals surface area contributed by atoms with E-state index in [0.29, 0.717) is 38.3 Å². The van der Waals surface area contributed by atoms with Crippen LogP contribution >= 0.6 is 11.6 Å². The third kappa shape index (κ3) is 7.76. The van der Waals surface area contributed by atoms with Crippen molar-refractivity contribution in [3.05, 3.63) is 70.5 Å². The minimum atomic E-state index is -0.891. The number of anilines is 3. The Morgan fingerprint density at radius 1 is 1.08 bits per heavy atom. The molecule has 202 valence electrons. The van der Waals surface area contributed by atoms with Crippen molar-refractivity contribution in [3.8, 4) is 6.07 Å². The Bertz CT molecular complexity index is 1360. The molecule has 1 unspecified atom stereocenters. The van der Waals surface area contributed by atoms with E-state index >= 15 is 0 Å². The van der Waals surface area contributed by atoms with Crippen LogP contribution in [0.25, 0.3) is 0 Å². The molecule has 1 amide bonds. The maximum atomic E-state index is 12.5. The van der Waals surface area contributed by atoms with Crippen LogP contribution in [0, 0.1) is 11.3 Å². The zero-order valence-corrected chi connectivity index (χ0v) is 21.9. The summed E-state index contributed by atoms with van der Waals surface area (Å²) < 4.78 is 4.94. The molecule has 0 radical (unpaired) electrons. The standard InChI is InChI=1S/C26H27ClN8O4/c1-39-22(36)21(14-17-5-7-18(15-28)8-6-17)30-25-32-23(27)31-24(33-25)29-20-4-2-3-19(13-20)16-34-9-11-35(12-10-34)26(37)38/h2-8,13,21H,9-12,14,16H2,1H3,(H,37,38)(H2,29,30,31,32,33). The molecular formula is C26H27ClN8O4. The minimum absolute atomic E-state index is 0.0653. The van der Waals surface area contributed by atoms with Crippen molar-refractivity contribution >= 4 is 41.2 Å². The summed E-state index contributed by atoms with van der Waals surface area (Å²) >= 11 is 6.16. The van der Waals surface area contributed by atoms with Gasteiger partial charge in [-0.05, 0) is 47.0 Å². The van der Waals surface area contributed by atoms with E-state index in [9.17, 15) is 9.59 Å². The monoisotopic (exact) mass is 550 g/mol. The zero-order valence-electron chi connectivity index (χ0n) is 21.2. The van der Waals surface area contributed by atoms with E-state index in [0.717, 1.165) is 16.8 Å². The number of rotatable bonds is 9. The summed E-state index contributed by atoms with van der Waals surface area (Å²) in [5.74, 6) is -0.233. The first kappa shape index (κ1) is 27.6. The molecule has 3 N–H and O–H groups in total. The summed E-state index contributed by atoms with van der Waals surface area (Å²) in [6.07, 6.45) is -0.620. The number of nitrogens with one attached hydrogen (secondary N) is 2. The summed E-state index contributed by atoms with van der Waals surface area (Å²) in [6.45, 7) is 2.94. The molecule has 1 atom stereocenters. The quantitative estimate of drug-likeness (QED) is 0.336. The summed E-state index contributed by atoms with van der Waals surface area (Å²) in [4.78, 5) is 39.8. The number of hydrogen-bond acceptors (Lipinski definition) is 10. The van der Waals surface area contributed by atoms with Gasteiger partial charge in [-0.15, -0.1) is 0 Å². The second-order valence-corrected chi connectivity index (χ2v) is 9.19. The number of piperazine rings is 1. The van der Waals surface area contributed by atoms with Crippen molar-refractivity contribution in [3.63, 3.8) is 0 Å². The molecule has 1 aliphatic rings. The van der Waals surface area contributed by atoms with Crippen molar-refractivity contribution in [1.82, 2.24) is 24.8 Å². The van der Waals surface area contributed by atoms with E-state index in [1.54, 1.807) is 24.3 Å². The van der Waals surface area contributed by atoms with Gasteiger partial charge < -0.3 is 25.4 Å². The van der Waals surface area contributed by atoms with Gasteiger partial charge in [0.15, 0.2) is 0 Å². The number of ether oxygens (including phenoxy) is 1. The minimum Gasteiger partial charge on any atom is -0.467 e. The number of methoxy groups -OCH3 is 1. The molecule has 4 rings (SSSR count). The Hall–Kier alpha value is -4.47. The Balaban J connectivity index is 1.43. The highest BCUT2D eigenvalue weighted by molar-refractivity contribution is 6.28. The van der Waals surface area contributed by atoms with Gasteiger partial charge in [-0.2, -0.15) is 20.2 Å². The van der Waals surface area contributed by atoms with E-state index in [1.807, 2.05) is 24.3 Å². The molecule has 0 bridgehead atoms.